The standard InChI is InChI=1S/C30H30N4O5/c1-4-38-25-7-5-6-8-26(25)39-23-14-22(16-31-17-23)24-18-32-19-27(33-24)34-28(35)13-20-9-11-21(12-10-20)15-30(2,3)29(36)37/h5-12,14,16-19H,4,13,15H2,1-3H3,(H,36,37)(H,33,34,35). The molecule has 4 aromatic rings. The number of aliphatic carboxylic acids is 1. The number of ether oxygens (including phenoxy) is 2. The Morgan fingerprint density at radius 2 is 1.62 bits per heavy atom. The number of carbonyl (C=O) groups is 2. The lowest BCUT2D eigenvalue weighted by Crippen LogP contribution is -2.26. The van der Waals surface area contributed by atoms with Gasteiger partial charge in [0.25, 0.3) is 0 Å². The Bertz CT molecular complexity index is 1450. The lowest BCUT2D eigenvalue weighted by atomic mass is 9.86. The van der Waals surface area contributed by atoms with Gasteiger partial charge in [0.2, 0.25) is 5.91 Å². The zero-order valence-electron chi connectivity index (χ0n) is 22.0. The van der Waals surface area contributed by atoms with Crippen LogP contribution < -0.4 is 14.8 Å². The summed E-state index contributed by atoms with van der Waals surface area (Å²) in [4.78, 5) is 37.1. The molecule has 4 rings (SSSR count). The molecular formula is C30H30N4O5. The number of amides is 1. The zero-order chi connectivity index (χ0) is 27.8. The number of carboxylic acids is 1. The molecule has 0 saturated carbocycles. The van der Waals surface area contributed by atoms with Gasteiger partial charge in [-0.05, 0) is 56.5 Å². The maximum Gasteiger partial charge on any atom is 0.309 e. The van der Waals surface area contributed by atoms with Crippen LogP contribution in [-0.2, 0) is 22.4 Å². The number of rotatable bonds is 11. The number of carboxylic acid groups (broad SMARTS) is 1. The molecule has 0 bridgehead atoms. The minimum Gasteiger partial charge on any atom is -0.490 e. The second kappa shape index (κ2) is 12.2. The summed E-state index contributed by atoms with van der Waals surface area (Å²) < 4.78 is 11.6. The maximum absolute atomic E-state index is 12.7. The van der Waals surface area contributed by atoms with Crippen molar-refractivity contribution >= 4 is 17.7 Å². The Kier molecular flexibility index (Phi) is 8.50. The van der Waals surface area contributed by atoms with E-state index in [1.54, 1.807) is 38.5 Å². The van der Waals surface area contributed by atoms with Crippen LogP contribution in [0.15, 0.2) is 79.4 Å². The highest BCUT2D eigenvalue weighted by atomic mass is 16.5. The molecule has 39 heavy (non-hydrogen) atoms. The molecular weight excluding hydrogens is 496 g/mol. The van der Waals surface area contributed by atoms with Crippen molar-refractivity contribution in [3.63, 3.8) is 0 Å². The normalized spacial score (nSPS) is 11.1. The van der Waals surface area contributed by atoms with E-state index in [1.165, 1.54) is 6.20 Å². The van der Waals surface area contributed by atoms with Crippen molar-refractivity contribution in [3.05, 3.63) is 90.5 Å². The second-order valence-electron chi connectivity index (χ2n) is 9.59. The molecule has 2 aromatic heterocycles. The van der Waals surface area contributed by atoms with E-state index in [-0.39, 0.29) is 12.3 Å². The molecule has 0 spiro atoms. The lowest BCUT2D eigenvalue weighted by molar-refractivity contribution is -0.146. The Labute approximate surface area is 226 Å². The van der Waals surface area contributed by atoms with Crippen molar-refractivity contribution in [1.82, 2.24) is 15.0 Å². The lowest BCUT2D eigenvalue weighted by Gasteiger charge is -2.19. The van der Waals surface area contributed by atoms with Gasteiger partial charge in [-0.2, -0.15) is 0 Å². The van der Waals surface area contributed by atoms with Gasteiger partial charge in [-0.25, -0.2) is 4.98 Å². The van der Waals surface area contributed by atoms with Gasteiger partial charge in [-0.1, -0.05) is 36.4 Å². The average Bonchev–Trinajstić information content (AvgIpc) is 2.91. The first-order chi connectivity index (χ1) is 18.7. The summed E-state index contributed by atoms with van der Waals surface area (Å²) in [5.74, 6) is 0.924. The number of pyridine rings is 1. The molecule has 9 heteroatoms. The topological polar surface area (TPSA) is 124 Å². The molecule has 200 valence electrons. The van der Waals surface area contributed by atoms with Crippen LogP contribution in [0.4, 0.5) is 5.82 Å². The first kappa shape index (κ1) is 27.3. The highest BCUT2D eigenvalue weighted by Crippen LogP contribution is 2.32. The van der Waals surface area contributed by atoms with E-state index in [4.69, 9.17) is 9.47 Å². The van der Waals surface area contributed by atoms with E-state index in [0.717, 1.165) is 11.1 Å². The van der Waals surface area contributed by atoms with Gasteiger partial charge in [0.15, 0.2) is 17.3 Å². The summed E-state index contributed by atoms with van der Waals surface area (Å²) in [7, 11) is 0. The van der Waals surface area contributed by atoms with Crippen LogP contribution in [0.3, 0.4) is 0 Å². The minimum atomic E-state index is -0.863. The SMILES string of the molecule is CCOc1ccccc1Oc1cncc(-c2cncc(NC(=O)Cc3ccc(CC(C)(C)C(=O)O)cc3)n2)c1. The zero-order valence-corrected chi connectivity index (χ0v) is 22.0. The first-order valence-corrected chi connectivity index (χ1v) is 12.5. The van der Waals surface area contributed by atoms with Crippen molar-refractivity contribution in [3.8, 4) is 28.5 Å². The molecule has 0 aliphatic heterocycles. The number of carbonyl (C=O) groups excluding carboxylic acids is 1. The van der Waals surface area contributed by atoms with E-state index in [9.17, 15) is 14.7 Å². The van der Waals surface area contributed by atoms with Crippen LogP contribution in [-0.4, -0.2) is 38.5 Å². The Morgan fingerprint density at radius 3 is 2.33 bits per heavy atom. The molecule has 0 fully saturated rings. The quantitative estimate of drug-likeness (QED) is 0.260. The molecule has 2 N–H and O–H groups in total. The maximum atomic E-state index is 12.7. The monoisotopic (exact) mass is 526 g/mol. The first-order valence-electron chi connectivity index (χ1n) is 12.5. The third-order valence-electron chi connectivity index (χ3n) is 5.90. The highest BCUT2D eigenvalue weighted by molar-refractivity contribution is 5.91. The largest absolute Gasteiger partial charge is 0.490 e. The van der Waals surface area contributed by atoms with Crippen LogP contribution in [0, 0.1) is 5.41 Å². The van der Waals surface area contributed by atoms with Gasteiger partial charge in [-0.3, -0.25) is 19.6 Å². The molecule has 0 radical (unpaired) electrons. The van der Waals surface area contributed by atoms with Gasteiger partial charge >= 0.3 is 5.97 Å². The molecule has 0 aliphatic carbocycles. The molecule has 2 heterocycles. The highest BCUT2D eigenvalue weighted by Gasteiger charge is 2.27. The summed E-state index contributed by atoms with van der Waals surface area (Å²) in [6.07, 6.45) is 6.84. The van der Waals surface area contributed by atoms with E-state index in [1.807, 2.05) is 55.5 Å². The minimum absolute atomic E-state index is 0.138. The molecule has 2 aromatic carbocycles. The van der Waals surface area contributed by atoms with Gasteiger partial charge < -0.3 is 19.9 Å². The summed E-state index contributed by atoms with van der Waals surface area (Å²) in [6, 6.07) is 16.5. The Balaban J connectivity index is 1.41. The Hall–Kier alpha value is -4.79. The van der Waals surface area contributed by atoms with Crippen molar-refractivity contribution in [2.24, 2.45) is 5.41 Å². The van der Waals surface area contributed by atoms with Crippen molar-refractivity contribution in [2.75, 3.05) is 11.9 Å². The number of anilines is 1. The predicted octanol–water partition coefficient (Wildman–Crippen LogP) is 5.56. The number of nitrogens with one attached hydrogen (secondary N) is 1. The summed E-state index contributed by atoms with van der Waals surface area (Å²) in [6.45, 7) is 5.80. The fraction of sp³-hybridized carbons (Fsp3) is 0.233. The molecule has 9 nitrogen and oxygen atoms in total. The van der Waals surface area contributed by atoms with Gasteiger partial charge in [0.05, 0.1) is 42.7 Å². The van der Waals surface area contributed by atoms with Crippen LogP contribution in [0.2, 0.25) is 0 Å². The fourth-order valence-electron chi connectivity index (χ4n) is 3.85. The number of para-hydroxylation sites is 2. The van der Waals surface area contributed by atoms with Crippen molar-refractivity contribution in [1.29, 1.82) is 0 Å². The van der Waals surface area contributed by atoms with Crippen molar-refractivity contribution in [2.45, 2.75) is 33.6 Å². The Morgan fingerprint density at radius 1 is 0.923 bits per heavy atom. The molecule has 0 atom stereocenters. The molecule has 0 saturated heterocycles. The van der Waals surface area contributed by atoms with Crippen LogP contribution in [0.1, 0.15) is 31.9 Å². The number of hydrogen-bond donors (Lipinski definition) is 2. The van der Waals surface area contributed by atoms with Gasteiger partial charge in [0, 0.05) is 11.8 Å². The summed E-state index contributed by atoms with van der Waals surface area (Å²) in [5, 5.41) is 12.1. The average molecular weight is 527 g/mol. The number of nitrogens with zero attached hydrogens (tertiary/aromatic N) is 3. The fourth-order valence-corrected chi connectivity index (χ4v) is 3.85. The molecule has 1 amide bonds. The van der Waals surface area contributed by atoms with Gasteiger partial charge in [0.1, 0.15) is 5.75 Å². The number of hydrogen-bond acceptors (Lipinski definition) is 7. The molecule has 0 aliphatic rings. The van der Waals surface area contributed by atoms with E-state index in [0.29, 0.717) is 47.4 Å². The van der Waals surface area contributed by atoms with E-state index in [2.05, 4.69) is 20.3 Å². The molecule has 0 unspecified atom stereocenters. The third kappa shape index (κ3) is 7.38. The summed E-state index contributed by atoms with van der Waals surface area (Å²) in [5.41, 5.74) is 2.03. The van der Waals surface area contributed by atoms with Crippen LogP contribution >= 0.6 is 0 Å². The number of benzene rings is 2. The van der Waals surface area contributed by atoms with Crippen LogP contribution in [0.5, 0.6) is 17.2 Å². The summed E-state index contributed by atoms with van der Waals surface area (Å²) >= 11 is 0. The van der Waals surface area contributed by atoms with E-state index >= 15 is 0 Å². The van der Waals surface area contributed by atoms with Gasteiger partial charge in [-0.15, -0.1) is 0 Å². The van der Waals surface area contributed by atoms with Crippen molar-refractivity contribution < 1.29 is 24.2 Å². The third-order valence-corrected chi connectivity index (χ3v) is 5.90. The van der Waals surface area contributed by atoms with E-state index < -0.39 is 11.4 Å². The second-order valence-corrected chi connectivity index (χ2v) is 9.59. The van der Waals surface area contributed by atoms with Crippen LogP contribution in [0.25, 0.3) is 11.3 Å². The predicted molar refractivity (Wildman–Crippen MR) is 147 cm³/mol. The number of aromatic nitrogens is 3. The smallest absolute Gasteiger partial charge is 0.309 e.